The van der Waals surface area contributed by atoms with Crippen LogP contribution < -0.4 is 0 Å². The van der Waals surface area contributed by atoms with Gasteiger partial charge in [0.2, 0.25) is 17.7 Å². The molecule has 6 atom stereocenters. The van der Waals surface area contributed by atoms with Crippen molar-refractivity contribution >= 4 is 17.7 Å². The molecule has 3 rings (SSSR count). The van der Waals surface area contributed by atoms with E-state index in [1.165, 1.54) is 0 Å². The summed E-state index contributed by atoms with van der Waals surface area (Å²) in [6.07, 6.45) is 5.90. The summed E-state index contributed by atoms with van der Waals surface area (Å²) in [4.78, 5) is 47.9. The molecule has 208 valence electrons. The number of amides is 3. The summed E-state index contributed by atoms with van der Waals surface area (Å²) in [6.45, 7) is 20.5. The summed E-state index contributed by atoms with van der Waals surface area (Å²) in [5, 5.41) is 10.4. The molecule has 0 aliphatic carbocycles. The van der Waals surface area contributed by atoms with Gasteiger partial charge in [0, 0.05) is 25.7 Å². The van der Waals surface area contributed by atoms with Gasteiger partial charge in [0.25, 0.3) is 0 Å². The Labute approximate surface area is 222 Å². The second-order valence-corrected chi connectivity index (χ2v) is 11.5. The fraction of sp³-hybridized carbons (Fsp3) is 0.759. The molecule has 1 N–H and O–H groups in total. The van der Waals surface area contributed by atoms with Crippen molar-refractivity contribution in [2.45, 2.75) is 96.6 Å². The minimum absolute atomic E-state index is 0.0878. The van der Waals surface area contributed by atoms with Crippen LogP contribution in [0.1, 0.15) is 67.2 Å². The van der Waals surface area contributed by atoms with Crippen LogP contribution in [0.5, 0.6) is 0 Å². The van der Waals surface area contributed by atoms with Crippen LogP contribution >= 0.6 is 0 Å². The zero-order valence-corrected chi connectivity index (χ0v) is 23.6. The Hall–Kier alpha value is -2.19. The normalized spacial score (nSPS) is 31.1. The first kappa shape index (κ1) is 29.4. The fourth-order valence-corrected chi connectivity index (χ4v) is 7.05. The van der Waals surface area contributed by atoms with Crippen molar-refractivity contribution in [2.24, 2.45) is 17.8 Å². The molecule has 3 aliphatic heterocycles. The number of hydrogen-bond acceptors (Lipinski definition) is 5. The van der Waals surface area contributed by atoms with Crippen molar-refractivity contribution in [1.82, 2.24) is 14.7 Å². The van der Waals surface area contributed by atoms with Gasteiger partial charge in [-0.05, 0) is 45.4 Å². The predicted octanol–water partition coefficient (Wildman–Crippen LogP) is 3.01. The maximum atomic E-state index is 14.4. The third-order valence-electron chi connectivity index (χ3n) is 8.82. The third kappa shape index (κ3) is 4.54. The van der Waals surface area contributed by atoms with Crippen LogP contribution in [0.15, 0.2) is 25.3 Å². The standard InChI is InChI=1S/C29H47N3O5/c1-9-15-30(16-10-2)25(34)22-23-26(35)32(21(18-33)19(5)6)24(27(36)31(17-11-3)20(7)8)29(23)14-13-28(22,12-4)37-29/h9,11,19-24,33H,1,3,10,12-18H2,2,4-8H3/t21-,22+,23-,24?,28-,29?/m0/s1. The zero-order chi connectivity index (χ0) is 27.7. The number of hydrogen-bond donors (Lipinski definition) is 1. The van der Waals surface area contributed by atoms with E-state index in [1.807, 2.05) is 41.5 Å². The summed E-state index contributed by atoms with van der Waals surface area (Å²) in [5.41, 5.74) is -1.89. The molecule has 3 saturated heterocycles. The lowest BCUT2D eigenvalue weighted by Crippen LogP contribution is -2.60. The molecule has 8 nitrogen and oxygen atoms in total. The number of aliphatic hydroxyl groups excluding tert-OH is 1. The quantitative estimate of drug-likeness (QED) is 0.379. The van der Waals surface area contributed by atoms with Gasteiger partial charge in [0.1, 0.15) is 11.6 Å². The van der Waals surface area contributed by atoms with Gasteiger partial charge in [0.05, 0.1) is 30.1 Å². The number of carbonyl (C=O) groups is 3. The van der Waals surface area contributed by atoms with Gasteiger partial charge in [-0.15, -0.1) is 13.2 Å². The van der Waals surface area contributed by atoms with Crippen LogP contribution in [-0.2, 0) is 19.1 Å². The lowest BCUT2D eigenvalue weighted by atomic mass is 9.64. The van der Waals surface area contributed by atoms with Gasteiger partial charge in [-0.3, -0.25) is 14.4 Å². The first-order chi connectivity index (χ1) is 17.5. The van der Waals surface area contributed by atoms with Gasteiger partial charge in [-0.2, -0.15) is 0 Å². The highest BCUT2D eigenvalue weighted by Crippen LogP contribution is 2.65. The van der Waals surface area contributed by atoms with Crippen molar-refractivity contribution in [3.63, 3.8) is 0 Å². The minimum Gasteiger partial charge on any atom is -0.394 e. The molecule has 2 unspecified atom stereocenters. The number of fused-ring (bicyclic) bond motifs is 1. The number of ether oxygens (including phenoxy) is 1. The van der Waals surface area contributed by atoms with Gasteiger partial charge < -0.3 is 24.5 Å². The van der Waals surface area contributed by atoms with Crippen molar-refractivity contribution in [2.75, 3.05) is 26.2 Å². The maximum Gasteiger partial charge on any atom is 0.248 e. The highest BCUT2D eigenvalue weighted by Gasteiger charge is 2.79. The second kappa shape index (κ2) is 11.3. The highest BCUT2D eigenvalue weighted by molar-refractivity contribution is 5.99. The number of aliphatic hydroxyl groups is 1. The van der Waals surface area contributed by atoms with Crippen molar-refractivity contribution in [1.29, 1.82) is 0 Å². The van der Waals surface area contributed by atoms with E-state index in [2.05, 4.69) is 13.2 Å². The molecule has 0 aromatic carbocycles. The Bertz CT molecular complexity index is 904. The fourth-order valence-electron chi connectivity index (χ4n) is 7.05. The molecule has 0 radical (unpaired) electrons. The summed E-state index contributed by atoms with van der Waals surface area (Å²) in [6, 6.07) is -1.58. The van der Waals surface area contributed by atoms with Crippen LogP contribution in [0.3, 0.4) is 0 Å². The van der Waals surface area contributed by atoms with Crippen LogP contribution in [0, 0.1) is 17.8 Å². The molecule has 0 saturated carbocycles. The lowest BCUT2D eigenvalue weighted by molar-refractivity contribution is -0.159. The van der Waals surface area contributed by atoms with E-state index in [9.17, 15) is 19.5 Å². The van der Waals surface area contributed by atoms with Crippen molar-refractivity contribution in [3.05, 3.63) is 25.3 Å². The van der Waals surface area contributed by atoms with Crippen molar-refractivity contribution < 1.29 is 24.2 Å². The summed E-state index contributed by atoms with van der Waals surface area (Å²) >= 11 is 0. The number of likely N-dealkylation sites (tertiary alicyclic amines) is 1. The zero-order valence-electron chi connectivity index (χ0n) is 23.6. The Morgan fingerprint density at radius 3 is 2.27 bits per heavy atom. The van der Waals surface area contributed by atoms with E-state index in [-0.39, 0.29) is 36.3 Å². The van der Waals surface area contributed by atoms with Crippen LogP contribution in [0.25, 0.3) is 0 Å². The number of carbonyl (C=O) groups excluding carboxylic acids is 3. The summed E-state index contributed by atoms with van der Waals surface area (Å²) < 4.78 is 6.89. The van der Waals surface area contributed by atoms with E-state index in [0.717, 1.165) is 6.42 Å². The molecule has 3 amide bonds. The highest BCUT2D eigenvalue weighted by atomic mass is 16.5. The van der Waals surface area contributed by atoms with E-state index in [1.54, 1.807) is 26.9 Å². The molecule has 37 heavy (non-hydrogen) atoms. The largest absolute Gasteiger partial charge is 0.394 e. The SMILES string of the molecule is C=CCN(CCC)C(=O)[C@H]1[C@H]2C(=O)N([C@@H](CO)C(C)C)C(C(=O)N(CC=C)C(C)C)C23CC[C@]1(CC)O3. The molecule has 8 heteroatoms. The molecule has 0 aromatic rings. The number of nitrogens with zero attached hydrogens (tertiary/aromatic N) is 3. The predicted molar refractivity (Wildman–Crippen MR) is 144 cm³/mol. The topological polar surface area (TPSA) is 90.4 Å². The second-order valence-electron chi connectivity index (χ2n) is 11.5. The molecule has 3 fully saturated rings. The molecular weight excluding hydrogens is 470 g/mol. The third-order valence-corrected chi connectivity index (χ3v) is 8.82. The Morgan fingerprint density at radius 2 is 1.78 bits per heavy atom. The van der Waals surface area contributed by atoms with Crippen LogP contribution in [0.4, 0.5) is 0 Å². The molecule has 3 heterocycles. The summed E-state index contributed by atoms with van der Waals surface area (Å²) in [5.74, 6) is -2.09. The Balaban J connectivity index is 2.20. The summed E-state index contributed by atoms with van der Waals surface area (Å²) in [7, 11) is 0. The lowest BCUT2D eigenvalue weighted by Gasteiger charge is -2.41. The first-order valence-electron chi connectivity index (χ1n) is 14.0. The molecule has 1 spiro atoms. The van der Waals surface area contributed by atoms with Gasteiger partial charge in [-0.1, -0.05) is 39.8 Å². The minimum atomic E-state index is -1.10. The van der Waals surface area contributed by atoms with Gasteiger partial charge in [0.15, 0.2) is 0 Å². The molecule has 0 aromatic heterocycles. The smallest absolute Gasteiger partial charge is 0.248 e. The van der Waals surface area contributed by atoms with Crippen LogP contribution in [-0.4, -0.2) is 93.1 Å². The average molecular weight is 518 g/mol. The molecule has 3 aliphatic rings. The van der Waals surface area contributed by atoms with Gasteiger partial charge in [-0.25, -0.2) is 0 Å². The molecular formula is C29H47N3O5. The van der Waals surface area contributed by atoms with E-state index in [4.69, 9.17) is 4.74 Å². The Kier molecular flexibility index (Phi) is 8.95. The van der Waals surface area contributed by atoms with E-state index < -0.39 is 35.1 Å². The first-order valence-corrected chi connectivity index (χ1v) is 14.0. The monoisotopic (exact) mass is 517 g/mol. The van der Waals surface area contributed by atoms with E-state index >= 15 is 0 Å². The molecule has 2 bridgehead atoms. The average Bonchev–Trinajstić information content (AvgIpc) is 3.46. The van der Waals surface area contributed by atoms with Crippen molar-refractivity contribution in [3.8, 4) is 0 Å². The Morgan fingerprint density at radius 1 is 1.14 bits per heavy atom. The number of rotatable bonds is 13. The maximum absolute atomic E-state index is 14.4. The van der Waals surface area contributed by atoms with E-state index in [0.29, 0.717) is 38.9 Å². The van der Waals surface area contributed by atoms with Crippen LogP contribution in [0.2, 0.25) is 0 Å². The van der Waals surface area contributed by atoms with Gasteiger partial charge >= 0.3 is 0 Å².